The summed E-state index contributed by atoms with van der Waals surface area (Å²) in [6, 6.07) is 7.77. The first kappa shape index (κ1) is 12.4. The smallest absolute Gasteiger partial charge is 0.202 e. The van der Waals surface area contributed by atoms with Gasteiger partial charge in [-0.1, -0.05) is 0 Å². The monoisotopic (exact) mass is 272 g/mol. The fourth-order valence-corrected chi connectivity index (χ4v) is 3.32. The van der Waals surface area contributed by atoms with E-state index in [1.807, 2.05) is 31.2 Å². The first-order chi connectivity index (χ1) is 9.15. The van der Waals surface area contributed by atoms with Crippen LogP contribution in [0, 0.1) is 13.8 Å². The van der Waals surface area contributed by atoms with Gasteiger partial charge in [0.2, 0.25) is 5.78 Å². The van der Waals surface area contributed by atoms with Crippen molar-refractivity contribution in [2.45, 2.75) is 26.7 Å². The number of fused-ring (bicyclic) bond motifs is 1. The number of rotatable bonds is 2. The number of hydrogen-bond acceptors (Lipinski definition) is 3. The standard InChI is InChI=1S/C16H16O2S/c1-10-8-15(19-11(10)2)16(17)13-5-6-14-12(9-13)4-3-7-18-14/h5-6,8-9H,3-4,7H2,1-2H3. The van der Waals surface area contributed by atoms with Crippen LogP contribution in [0.15, 0.2) is 24.3 Å². The maximum absolute atomic E-state index is 12.5. The van der Waals surface area contributed by atoms with Crippen LogP contribution in [-0.4, -0.2) is 12.4 Å². The van der Waals surface area contributed by atoms with Crippen molar-refractivity contribution in [2.75, 3.05) is 6.61 Å². The van der Waals surface area contributed by atoms with Gasteiger partial charge in [-0.2, -0.15) is 0 Å². The van der Waals surface area contributed by atoms with E-state index in [0.29, 0.717) is 0 Å². The zero-order chi connectivity index (χ0) is 13.4. The predicted octanol–water partition coefficient (Wildman–Crippen LogP) is 3.92. The Labute approximate surface area is 117 Å². The molecule has 3 rings (SSSR count). The van der Waals surface area contributed by atoms with E-state index < -0.39 is 0 Å². The summed E-state index contributed by atoms with van der Waals surface area (Å²) in [6.45, 7) is 4.88. The second-order valence-electron chi connectivity index (χ2n) is 4.95. The van der Waals surface area contributed by atoms with Crippen molar-refractivity contribution >= 4 is 17.1 Å². The van der Waals surface area contributed by atoms with E-state index in [1.54, 1.807) is 11.3 Å². The van der Waals surface area contributed by atoms with Gasteiger partial charge in [-0.15, -0.1) is 11.3 Å². The van der Waals surface area contributed by atoms with Crippen molar-refractivity contribution in [1.29, 1.82) is 0 Å². The molecule has 0 N–H and O–H groups in total. The number of thiophene rings is 1. The molecule has 1 aliphatic rings. The molecule has 2 heterocycles. The fraction of sp³-hybridized carbons (Fsp3) is 0.312. The van der Waals surface area contributed by atoms with Crippen molar-refractivity contribution in [3.8, 4) is 5.75 Å². The van der Waals surface area contributed by atoms with E-state index in [0.717, 1.165) is 41.2 Å². The number of carbonyl (C=O) groups is 1. The molecule has 0 fully saturated rings. The van der Waals surface area contributed by atoms with Gasteiger partial charge in [-0.3, -0.25) is 4.79 Å². The highest BCUT2D eigenvalue weighted by molar-refractivity contribution is 7.14. The largest absolute Gasteiger partial charge is 0.493 e. The molecule has 3 heteroatoms. The summed E-state index contributed by atoms with van der Waals surface area (Å²) in [6.07, 6.45) is 2.03. The third-order valence-corrected chi connectivity index (χ3v) is 4.71. The summed E-state index contributed by atoms with van der Waals surface area (Å²) >= 11 is 1.57. The van der Waals surface area contributed by atoms with Crippen LogP contribution in [0.5, 0.6) is 5.75 Å². The fourth-order valence-electron chi connectivity index (χ4n) is 2.33. The molecule has 98 valence electrons. The van der Waals surface area contributed by atoms with Crippen LogP contribution in [0.4, 0.5) is 0 Å². The highest BCUT2D eigenvalue weighted by Gasteiger charge is 2.16. The van der Waals surface area contributed by atoms with Crippen LogP contribution < -0.4 is 4.74 Å². The Hall–Kier alpha value is -1.61. The normalized spacial score (nSPS) is 13.8. The van der Waals surface area contributed by atoms with Gasteiger partial charge in [0.15, 0.2) is 0 Å². The predicted molar refractivity (Wildman–Crippen MR) is 77.5 cm³/mol. The Morgan fingerprint density at radius 1 is 1.26 bits per heavy atom. The van der Waals surface area contributed by atoms with Gasteiger partial charge in [-0.25, -0.2) is 0 Å². The van der Waals surface area contributed by atoms with Crippen LogP contribution in [0.25, 0.3) is 0 Å². The molecule has 0 saturated heterocycles. The lowest BCUT2D eigenvalue weighted by Gasteiger charge is -2.17. The maximum atomic E-state index is 12.5. The molecule has 1 aromatic carbocycles. The topological polar surface area (TPSA) is 26.3 Å². The Morgan fingerprint density at radius 3 is 2.84 bits per heavy atom. The van der Waals surface area contributed by atoms with Crippen LogP contribution in [0.3, 0.4) is 0 Å². The molecule has 2 aromatic rings. The molecule has 0 aliphatic carbocycles. The third kappa shape index (κ3) is 2.30. The molecule has 0 saturated carbocycles. The molecule has 0 unspecified atom stereocenters. The lowest BCUT2D eigenvalue weighted by Crippen LogP contribution is -2.09. The highest BCUT2D eigenvalue weighted by atomic mass is 32.1. The maximum Gasteiger partial charge on any atom is 0.202 e. The van der Waals surface area contributed by atoms with Gasteiger partial charge in [0.05, 0.1) is 11.5 Å². The summed E-state index contributed by atoms with van der Waals surface area (Å²) in [4.78, 5) is 14.5. The molecule has 0 spiro atoms. The van der Waals surface area contributed by atoms with Crippen molar-refractivity contribution < 1.29 is 9.53 Å². The van der Waals surface area contributed by atoms with Gasteiger partial charge < -0.3 is 4.74 Å². The van der Waals surface area contributed by atoms with Crippen LogP contribution in [-0.2, 0) is 6.42 Å². The Bertz CT molecular complexity index is 621. The third-order valence-electron chi connectivity index (χ3n) is 3.56. The molecule has 0 amide bonds. The minimum absolute atomic E-state index is 0.120. The minimum atomic E-state index is 0.120. The highest BCUT2D eigenvalue weighted by Crippen LogP contribution is 2.28. The lowest BCUT2D eigenvalue weighted by molar-refractivity contribution is 0.104. The first-order valence-electron chi connectivity index (χ1n) is 6.52. The summed E-state index contributed by atoms with van der Waals surface area (Å²) in [5.41, 5.74) is 3.11. The zero-order valence-electron chi connectivity index (χ0n) is 11.2. The minimum Gasteiger partial charge on any atom is -0.493 e. The second-order valence-corrected chi connectivity index (χ2v) is 6.21. The van der Waals surface area contributed by atoms with E-state index in [2.05, 4.69) is 6.92 Å². The quantitative estimate of drug-likeness (QED) is 0.774. The first-order valence-corrected chi connectivity index (χ1v) is 7.34. The summed E-state index contributed by atoms with van der Waals surface area (Å²) in [5, 5.41) is 0. The average Bonchev–Trinajstić information content (AvgIpc) is 2.77. The number of ether oxygens (including phenoxy) is 1. The molecule has 0 bridgehead atoms. The molecular formula is C16H16O2S. The lowest BCUT2D eigenvalue weighted by atomic mass is 10.0. The molecule has 19 heavy (non-hydrogen) atoms. The number of ketones is 1. The average molecular weight is 272 g/mol. The van der Waals surface area contributed by atoms with Gasteiger partial charge in [0, 0.05) is 10.4 Å². The van der Waals surface area contributed by atoms with Crippen molar-refractivity contribution in [3.05, 3.63) is 50.7 Å². The zero-order valence-corrected chi connectivity index (χ0v) is 12.0. The Kier molecular flexibility index (Phi) is 3.15. The number of benzene rings is 1. The molecule has 0 atom stereocenters. The van der Waals surface area contributed by atoms with Gasteiger partial charge >= 0.3 is 0 Å². The summed E-state index contributed by atoms with van der Waals surface area (Å²) < 4.78 is 5.58. The van der Waals surface area contributed by atoms with E-state index >= 15 is 0 Å². The van der Waals surface area contributed by atoms with Crippen molar-refractivity contribution in [3.63, 3.8) is 0 Å². The number of hydrogen-bond donors (Lipinski definition) is 0. The van der Waals surface area contributed by atoms with Crippen molar-refractivity contribution in [1.82, 2.24) is 0 Å². The SMILES string of the molecule is Cc1cc(C(=O)c2ccc3c(c2)CCCO3)sc1C. The summed E-state index contributed by atoms with van der Waals surface area (Å²) in [7, 11) is 0. The van der Waals surface area contributed by atoms with Crippen LogP contribution in [0.1, 0.15) is 37.7 Å². The molecule has 1 aromatic heterocycles. The van der Waals surface area contributed by atoms with Crippen LogP contribution in [0.2, 0.25) is 0 Å². The Balaban J connectivity index is 1.95. The number of carbonyl (C=O) groups excluding carboxylic acids is 1. The van der Waals surface area contributed by atoms with Crippen molar-refractivity contribution in [2.24, 2.45) is 0 Å². The van der Waals surface area contributed by atoms with E-state index in [-0.39, 0.29) is 5.78 Å². The second kappa shape index (κ2) is 4.82. The van der Waals surface area contributed by atoms with E-state index in [9.17, 15) is 4.79 Å². The molecule has 1 aliphatic heterocycles. The summed E-state index contributed by atoms with van der Waals surface area (Å²) in [5.74, 6) is 1.05. The van der Waals surface area contributed by atoms with E-state index in [4.69, 9.17) is 4.74 Å². The van der Waals surface area contributed by atoms with Gasteiger partial charge in [0.25, 0.3) is 0 Å². The van der Waals surface area contributed by atoms with Crippen LogP contribution >= 0.6 is 11.3 Å². The molecular weight excluding hydrogens is 256 g/mol. The molecule has 0 radical (unpaired) electrons. The number of aryl methyl sites for hydroxylation is 3. The van der Waals surface area contributed by atoms with Gasteiger partial charge in [-0.05, 0) is 62.1 Å². The Morgan fingerprint density at radius 2 is 2.11 bits per heavy atom. The van der Waals surface area contributed by atoms with Gasteiger partial charge in [0.1, 0.15) is 5.75 Å². The van der Waals surface area contributed by atoms with E-state index in [1.165, 1.54) is 10.4 Å². The molecule has 2 nitrogen and oxygen atoms in total.